The minimum atomic E-state index is -0.514. The van der Waals surface area contributed by atoms with Gasteiger partial charge in [-0.05, 0) is 6.92 Å². The number of rotatable bonds is 2. The molecule has 2 N–H and O–H groups in total. The number of piperazine rings is 1. The van der Waals surface area contributed by atoms with Crippen molar-refractivity contribution in [2.45, 2.75) is 13.0 Å². The molecule has 1 fully saturated rings. The molecule has 1 aliphatic rings. The van der Waals surface area contributed by atoms with Crippen molar-refractivity contribution in [2.75, 3.05) is 35.2 Å². The van der Waals surface area contributed by atoms with E-state index in [0.717, 1.165) is 25.5 Å². The van der Waals surface area contributed by atoms with E-state index in [1.807, 2.05) is 4.90 Å². The molecule has 3 rings (SSSR count). The van der Waals surface area contributed by atoms with Gasteiger partial charge in [-0.15, -0.1) is 0 Å². The molecular formula is C13H16FN7. The number of nitrogens with two attached hydrogens (primary N) is 1. The Bertz CT molecular complexity index is 618. The molecule has 0 radical (unpaired) electrons. The van der Waals surface area contributed by atoms with Gasteiger partial charge in [0.2, 0.25) is 5.95 Å². The van der Waals surface area contributed by atoms with Crippen LogP contribution in [0.25, 0.3) is 0 Å². The molecule has 8 heteroatoms. The quantitative estimate of drug-likeness (QED) is 0.815. The zero-order valence-electron chi connectivity index (χ0n) is 11.6. The first-order valence-corrected chi connectivity index (χ1v) is 6.70. The molecule has 7 nitrogen and oxygen atoms in total. The van der Waals surface area contributed by atoms with Crippen molar-refractivity contribution in [1.82, 2.24) is 19.9 Å². The molecule has 0 unspecified atom stereocenters. The summed E-state index contributed by atoms with van der Waals surface area (Å²) in [7, 11) is 0. The summed E-state index contributed by atoms with van der Waals surface area (Å²) in [5, 5.41) is 0. The standard InChI is InChI=1S/C13H16FN7/c1-9-7-20(12-4-10(14)18-8-19-12)2-3-21(9)13-6-16-11(15)5-17-13/h4-6,8-9H,2-3,7H2,1H3,(H2,15,16)/t9-/m0/s1. The topological polar surface area (TPSA) is 84.1 Å². The van der Waals surface area contributed by atoms with E-state index in [4.69, 9.17) is 5.73 Å². The fourth-order valence-electron chi connectivity index (χ4n) is 2.48. The van der Waals surface area contributed by atoms with Gasteiger partial charge < -0.3 is 15.5 Å². The normalized spacial score (nSPS) is 18.9. The SMILES string of the molecule is C[C@H]1CN(c2cc(F)ncn2)CCN1c1cnc(N)cn1. The summed E-state index contributed by atoms with van der Waals surface area (Å²) < 4.78 is 13.2. The summed E-state index contributed by atoms with van der Waals surface area (Å²) in [6.45, 7) is 4.29. The second-order valence-electron chi connectivity index (χ2n) is 4.99. The lowest BCUT2D eigenvalue weighted by molar-refractivity contribution is 0.535. The second-order valence-corrected chi connectivity index (χ2v) is 4.99. The zero-order chi connectivity index (χ0) is 14.8. The Morgan fingerprint density at radius 3 is 2.67 bits per heavy atom. The van der Waals surface area contributed by atoms with E-state index in [0.29, 0.717) is 11.6 Å². The molecule has 2 aromatic rings. The summed E-state index contributed by atoms with van der Waals surface area (Å²) in [4.78, 5) is 20.2. The highest BCUT2D eigenvalue weighted by molar-refractivity contribution is 5.45. The second kappa shape index (κ2) is 5.47. The van der Waals surface area contributed by atoms with Gasteiger partial charge in [0, 0.05) is 31.7 Å². The van der Waals surface area contributed by atoms with Crippen molar-refractivity contribution in [1.29, 1.82) is 0 Å². The minimum Gasteiger partial charge on any atom is -0.382 e. The van der Waals surface area contributed by atoms with Crippen LogP contribution in [0.2, 0.25) is 0 Å². The van der Waals surface area contributed by atoms with Crippen LogP contribution in [0.3, 0.4) is 0 Å². The van der Waals surface area contributed by atoms with Crippen molar-refractivity contribution in [3.05, 3.63) is 30.7 Å². The van der Waals surface area contributed by atoms with E-state index in [9.17, 15) is 4.39 Å². The van der Waals surface area contributed by atoms with Crippen molar-refractivity contribution in [3.63, 3.8) is 0 Å². The summed E-state index contributed by atoms with van der Waals surface area (Å²) in [5.74, 6) is 1.29. The largest absolute Gasteiger partial charge is 0.382 e. The van der Waals surface area contributed by atoms with Crippen LogP contribution in [0.5, 0.6) is 0 Å². The van der Waals surface area contributed by atoms with E-state index in [2.05, 4.69) is 31.8 Å². The van der Waals surface area contributed by atoms with Crippen LogP contribution in [0.1, 0.15) is 6.92 Å². The molecule has 1 aliphatic heterocycles. The van der Waals surface area contributed by atoms with Gasteiger partial charge in [-0.25, -0.2) is 19.9 Å². The van der Waals surface area contributed by atoms with Gasteiger partial charge >= 0.3 is 0 Å². The van der Waals surface area contributed by atoms with E-state index in [-0.39, 0.29) is 6.04 Å². The first kappa shape index (κ1) is 13.5. The average Bonchev–Trinajstić information content (AvgIpc) is 2.48. The number of halogens is 1. The van der Waals surface area contributed by atoms with Crippen LogP contribution in [0, 0.1) is 5.95 Å². The Morgan fingerprint density at radius 1 is 1.14 bits per heavy atom. The number of nitrogen functional groups attached to an aromatic ring is 1. The van der Waals surface area contributed by atoms with Crippen molar-refractivity contribution >= 4 is 17.5 Å². The lowest BCUT2D eigenvalue weighted by atomic mass is 10.2. The summed E-state index contributed by atoms with van der Waals surface area (Å²) in [6.07, 6.45) is 4.47. The molecule has 0 aliphatic carbocycles. The molecule has 110 valence electrons. The third kappa shape index (κ3) is 2.83. The lowest BCUT2D eigenvalue weighted by Gasteiger charge is -2.40. The third-order valence-corrected chi connectivity index (χ3v) is 3.52. The zero-order valence-corrected chi connectivity index (χ0v) is 11.6. The lowest BCUT2D eigenvalue weighted by Crippen LogP contribution is -2.52. The summed E-state index contributed by atoms with van der Waals surface area (Å²) in [6, 6.07) is 1.56. The van der Waals surface area contributed by atoms with Crippen LogP contribution in [0.15, 0.2) is 24.8 Å². The predicted octanol–water partition coefficient (Wildman–Crippen LogP) is 0.703. The van der Waals surface area contributed by atoms with Gasteiger partial charge in [0.15, 0.2) is 0 Å². The highest BCUT2D eigenvalue weighted by atomic mass is 19.1. The predicted molar refractivity (Wildman–Crippen MR) is 77.5 cm³/mol. The number of nitrogens with zero attached hydrogens (tertiary/aromatic N) is 6. The Balaban J connectivity index is 1.73. The van der Waals surface area contributed by atoms with Gasteiger partial charge in [-0.3, -0.25) is 0 Å². The van der Waals surface area contributed by atoms with Crippen LogP contribution in [-0.2, 0) is 0 Å². The van der Waals surface area contributed by atoms with Crippen molar-refractivity contribution in [3.8, 4) is 0 Å². The molecule has 3 heterocycles. The molecule has 0 saturated carbocycles. The van der Waals surface area contributed by atoms with Gasteiger partial charge in [-0.2, -0.15) is 4.39 Å². The number of aromatic nitrogens is 4. The molecule has 0 amide bonds. The van der Waals surface area contributed by atoms with Crippen LogP contribution in [-0.4, -0.2) is 45.6 Å². The molecule has 2 aromatic heterocycles. The Kier molecular flexibility index (Phi) is 3.51. The Morgan fingerprint density at radius 2 is 2.00 bits per heavy atom. The molecule has 1 saturated heterocycles. The fourth-order valence-corrected chi connectivity index (χ4v) is 2.48. The van der Waals surface area contributed by atoms with Crippen LogP contribution in [0.4, 0.5) is 21.8 Å². The molecule has 0 bridgehead atoms. The average molecular weight is 289 g/mol. The Hall–Kier alpha value is -2.51. The molecular weight excluding hydrogens is 273 g/mol. The number of hydrogen-bond donors (Lipinski definition) is 1. The van der Waals surface area contributed by atoms with E-state index in [1.165, 1.54) is 12.4 Å². The molecule has 0 aromatic carbocycles. The van der Waals surface area contributed by atoms with Crippen molar-refractivity contribution in [2.24, 2.45) is 0 Å². The number of anilines is 3. The minimum absolute atomic E-state index is 0.203. The summed E-state index contributed by atoms with van der Waals surface area (Å²) >= 11 is 0. The molecule has 21 heavy (non-hydrogen) atoms. The summed E-state index contributed by atoms with van der Waals surface area (Å²) in [5.41, 5.74) is 5.55. The van der Waals surface area contributed by atoms with Gasteiger partial charge in [0.25, 0.3) is 0 Å². The van der Waals surface area contributed by atoms with Crippen molar-refractivity contribution < 1.29 is 4.39 Å². The highest BCUT2D eigenvalue weighted by Gasteiger charge is 2.25. The third-order valence-electron chi connectivity index (χ3n) is 3.52. The Labute approximate surface area is 121 Å². The first-order chi connectivity index (χ1) is 10.1. The van der Waals surface area contributed by atoms with Gasteiger partial charge in [0.05, 0.1) is 12.4 Å². The van der Waals surface area contributed by atoms with E-state index >= 15 is 0 Å². The van der Waals surface area contributed by atoms with Crippen LogP contribution >= 0.6 is 0 Å². The number of hydrogen-bond acceptors (Lipinski definition) is 7. The van der Waals surface area contributed by atoms with Crippen LogP contribution < -0.4 is 15.5 Å². The van der Waals surface area contributed by atoms with Gasteiger partial charge in [-0.1, -0.05) is 0 Å². The van der Waals surface area contributed by atoms with E-state index < -0.39 is 5.95 Å². The monoisotopic (exact) mass is 289 g/mol. The maximum Gasteiger partial charge on any atom is 0.218 e. The maximum atomic E-state index is 13.2. The van der Waals surface area contributed by atoms with E-state index in [1.54, 1.807) is 12.4 Å². The van der Waals surface area contributed by atoms with Gasteiger partial charge in [0.1, 0.15) is 23.8 Å². The molecule has 1 atom stereocenters. The maximum absolute atomic E-state index is 13.2. The first-order valence-electron chi connectivity index (χ1n) is 6.70. The smallest absolute Gasteiger partial charge is 0.218 e. The molecule has 0 spiro atoms. The highest BCUT2D eigenvalue weighted by Crippen LogP contribution is 2.21. The fraction of sp³-hybridized carbons (Fsp3) is 0.385.